The van der Waals surface area contributed by atoms with Gasteiger partial charge in [-0.25, -0.2) is 9.37 Å². The number of methoxy groups -OCH3 is 3. The van der Waals surface area contributed by atoms with Crippen LogP contribution < -0.4 is 41.2 Å². The van der Waals surface area contributed by atoms with Gasteiger partial charge in [-0.2, -0.15) is 13.2 Å². The molecule has 0 spiro atoms. The third-order valence-corrected chi connectivity index (χ3v) is 26.6. The Morgan fingerprint density at radius 2 is 1.41 bits per heavy atom. The minimum Gasteiger partial charge on any atom is -0.545 e. The maximum absolute atomic E-state index is 13.9. The number of oxime groups is 1. The Morgan fingerprint density at radius 1 is 0.736 bits per heavy atom. The van der Waals surface area contributed by atoms with Gasteiger partial charge >= 0.3 is 35.7 Å². The van der Waals surface area contributed by atoms with Gasteiger partial charge in [-0.05, 0) is 196 Å². The van der Waals surface area contributed by atoms with Crippen LogP contribution in [-0.4, -0.2) is 263 Å². The smallest absolute Gasteiger partial charge is 0.442 e. The van der Waals surface area contributed by atoms with E-state index in [1.807, 2.05) is 128 Å². The van der Waals surface area contributed by atoms with Crippen molar-refractivity contribution in [3.63, 3.8) is 0 Å². The van der Waals surface area contributed by atoms with E-state index in [1.165, 1.54) is 50.6 Å². The van der Waals surface area contributed by atoms with Crippen LogP contribution in [0.3, 0.4) is 0 Å². The monoisotopic (exact) mass is 1960 g/mol. The van der Waals surface area contributed by atoms with Gasteiger partial charge in [-0.1, -0.05) is 121 Å². The number of carbonyl (C=O) groups excluding carboxylic acids is 9. The van der Waals surface area contributed by atoms with E-state index in [0.29, 0.717) is 97.6 Å². The summed E-state index contributed by atoms with van der Waals surface area (Å²) in [6.07, 6.45) is 9.87. The van der Waals surface area contributed by atoms with Crippen LogP contribution in [-0.2, 0) is 72.4 Å². The molecule has 772 valence electrons. The van der Waals surface area contributed by atoms with Crippen LogP contribution in [0.25, 0.3) is 33.4 Å². The average molecular weight is 1960 g/mol. The second kappa shape index (κ2) is 56.5. The Labute approximate surface area is 822 Å². The van der Waals surface area contributed by atoms with Gasteiger partial charge in [0.25, 0.3) is 17.7 Å². The molecule has 1 aliphatic carbocycles. The van der Waals surface area contributed by atoms with Crippen LogP contribution in [0.4, 0.5) is 18.9 Å². The van der Waals surface area contributed by atoms with Crippen LogP contribution in [0.2, 0.25) is 0 Å². The molecule has 35 heteroatoms. The zero-order valence-electron chi connectivity index (χ0n) is 85.3. The van der Waals surface area contributed by atoms with Gasteiger partial charge in [0, 0.05) is 161 Å². The maximum Gasteiger partial charge on any atom is 0.442 e. The predicted molar refractivity (Wildman–Crippen MR) is 528 cm³/mol. The number of carboxylic acids is 1. The number of ether oxygens (including phenoxy) is 7. The molecule has 4 aliphatic rings. The zero-order valence-corrected chi connectivity index (χ0v) is 85.3. The first-order valence-electron chi connectivity index (χ1n) is 48.5. The lowest BCUT2D eigenvalue weighted by atomic mass is 9.82. The number of aromatic carboxylic acids is 1. The lowest BCUT2D eigenvalue weighted by molar-refractivity contribution is -0.255. The summed E-state index contributed by atoms with van der Waals surface area (Å²) in [7, 11) is 19.4. The summed E-state index contributed by atoms with van der Waals surface area (Å²) in [6.45, 7) is 18.4. The number of cyclic esters (lactones) is 1. The fourth-order valence-corrected chi connectivity index (χ4v) is 17.1. The van der Waals surface area contributed by atoms with E-state index in [1.54, 1.807) is 90.3 Å². The van der Waals surface area contributed by atoms with Gasteiger partial charge in [0.2, 0.25) is 11.3 Å². The van der Waals surface area contributed by atoms with E-state index >= 15 is 0 Å². The molecule has 6 N–H and O–H groups in total. The second-order valence-corrected chi connectivity index (χ2v) is 38.2. The highest BCUT2D eigenvalue weighted by Crippen LogP contribution is 2.52. The number of unbranched alkanes of at least 4 members (excludes halogenated alkanes) is 4. The Morgan fingerprint density at radius 3 is 2.04 bits per heavy atom. The van der Waals surface area contributed by atoms with Gasteiger partial charge in [0.1, 0.15) is 68.0 Å². The number of aliphatic hydroxyl groups is 2. The van der Waals surface area contributed by atoms with Gasteiger partial charge < -0.3 is 88.7 Å². The lowest BCUT2D eigenvalue weighted by Crippen LogP contribution is -2.47. The third-order valence-electron chi connectivity index (χ3n) is 26.6. The molecular weight excluding hydrogens is 1810 g/mol. The molecule has 140 heavy (non-hydrogen) atoms. The van der Waals surface area contributed by atoms with Crippen LogP contribution in [0.15, 0.2) is 147 Å². The number of alkyl halides is 3. The Hall–Kier alpha value is -11.1. The van der Waals surface area contributed by atoms with Crippen molar-refractivity contribution in [2.24, 2.45) is 56.8 Å². The minimum atomic E-state index is -4.80. The lowest BCUT2D eigenvalue weighted by Gasteiger charge is -2.35. The normalized spacial score (nSPS) is 21.7. The van der Waals surface area contributed by atoms with Crippen molar-refractivity contribution < 1.29 is 114 Å². The number of carbonyl (C=O) groups is 9. The molecule has 3 aromatic rings. The molecule has 18 atom stereocenters. The quantitative estimate of drug-likeness (QED) is 0.00308. The molecule has 3 heterocycles. The largest absolute Gasteiger partial charge is 0.545 e. The van der Waals surface area contributed by atoms with Crippen molar-refractivity contribution in [3.8, 4) is 22.5 Å². The molecule has 7 rings (SSSR count). The van der Waals surface area contributed by atoms with Gasteiger partial charge in [0.05, 0.1) is 43.1 Å². The van der Waals surface area contributed by atoms with Crippen LogP contribution in [0, 0.1) is 41.4 Å². The summed E-state index contributed by atoms with van der Waals surface area (Å²) in [6, 6.07) is 17.9. The molecule has 0 saturated heterocycles. The zero-order chi connectivity index (χ0) is 103. The number of fused-ring (bicyclic) bond motifs is 2. The van der Waals surface area contributed by atoms with E-state index in [2.05, 4.69) is 49.7 Å². The summed E-state index contributed by atoms with van der Waals surface area (Å²) in [5.74, 6) is -8.32. The number of esters is 4. The number of hydrogen-bond donors (Lipinski definition) is 6. The van der Waals surface area contributed by atoms with Crippen molar-refractivity contribution in [2.45, 2.75) is 251 Å². The van der Waals surface area contributed by atoms with Gasteiger partial charge in [0.15, 0.2) is 6.61 Å². The molecule has 3 aliphatic heterocycles. The Kier molecular flexibility index (Phi) is 46.8. The first kappa shape index (κ1) is 116. The van der Waals surface area contributed by atoms with Crippen molar-refractivity contribution in [1.82, 2.24) is 35.6 Å². The average Bonchev–Trinajstić information content (AvgIpc) is 1.44. The van der Waals surface area contributed by atoms with Crippen LogP contribution in [0.5, 0.6) is 0 Å². The molecule has 32 nitrogen and oxygen atoms in total. The molecule has 0 aromatic heterocycles. The van der Waals surface area contributed by atoms with Crippen LogP contribution in [0.1, 0.15) is 209 Å². The highest BCUT2D eigenvalue weighted by Gasteiger charge is 2.65. The summed E-state index contributed by atoms with van der Waals surface area (Å²) in [4.78, 5) is 133. The highest BCUT2D eigenvalue weighted by atomic mass is 19.4. The van der Waals surface area contributed by atoms with E-state index in [0.717, 1.165) is 35.2 Å². The summed E-state index contributed by atoms with van der Waals surface area (Å²) in [5, 5.41) is 60.4. The van der Waals surface area contributed by atoms with Crippen LogP contribution >= 0.6 is 0 Å². The number of benzene rings is 4. The Bertz CT molecular complexity index is 5120. The van der Waals surface area contributed by atoms with Crippen molar-refractivity contribution >= 4 is 76.3 Å². The highest BCUT2D eigenvalue weighted by molar-refractivity contribution is 6.09. The summed E-state index contributed by atoms with van der Waals surface area (Å²) >= 11 is 0. The van der Waals surface area contributed by atoms with E-state index in [4.69, 9.17) is 42.4 Å². The molecule has 0 bridgehead atoms. The maximum atomic E-state index is 13.9. The molecule has 0 saturated carbocycles. The molecule has 0 fully saturated rings. The predicted octanol–water partition coefficient (Wildman–Crippen LogP) is 12.9. The van der Waals surface area contributed by atoms with Gasteiger partial charge in [-0.3, -0.25) is 43.4 Å². The van der Waals surface area contributed by atoms with Crippen molar-refractivity contribution in [3.05, 3.63) is 155 Å². The first-order chi connectivity index (χ1) is 66.4. The number of halogens is 3. The number of hydrogen-bond acceptors (Lipinski definition) is 27. The molecule has 0 radical (unpaired) electrons. The number of rotatable bonds is 45. The summed E-state index contributed by atoms with van der Waals surface area (Å²) in [5.41, 5.74) is 0.995. The number of nitrogens with zero attached hydrogens (tertiary/aromatic N) is 7. The summed E-state index contributed by atoms with van der Waals surface area (Å²) < 4.78 is 91.9. The first-order valence-corrected chi connectivity index (χ1v) is 48.5. The second-order valence-electron chi connectivity index (χ2n) is 38.2. The number of likely N-dealkylation sites (N-methyl/N-ethyl adjacent to an activating group) is 2. The van der Waals surface area contributed by atoms with Gasteiger partial charge in [-0.15, -0.1) is 10.2 Å². The number of carboxylic acid groups (broad SMARTS) is 1. The van der Waals surface area contributed by atoms with Crippen molar-refractivity contribution in [1.29, 1.82) is 0 Å². The SMILES string of the molecule is COCC(C(=O)O[C@@H]1C/C=C/C=C/C(=O)O[C@H]([C@@H](C)[C@@H](O)[C@@H](C)CC[C@@H](OC(=O)[C@H](C)N(C)C)[C@H](C)[C@H](OC(C)=O)[C@H](C)CC=NOCC(=O)NCCCC[C@H](NC(=O)c2ccc(C3(C(F)(F)F)N=N3)cc2)C(=O)NCCCCCCNC(=O)c2ccc(-c3c4ccc(=[N+](C)C)cc-4oc4cc(N(C)C)ccc34)c(C(=O)[O-])c2)C/C=C/[C@H](OC)C[C@H](C)C/C=C(\C)[C@@H](OC)CC[C@@H](C)[C@@H](O)[C@@H]1C)N(C)C. The topological polar surface area (TPSA) is 402 Å². The molecular formula is C105H150F3N11O21. The fraction of sp³-hybridized carbons (Fsp3) is 0.590. The minimum absolute atomic E-state index is 0.0270. The van der Waals surface area contributed by atoms with E-state index < -0.39 is 156 Å². The van der Waals surface area contributed by atoms with Crippen molar-refractivity contribution in [2.75, 3.05) is 115 Å². The van der Waals surface area contributed by atoms with E-state index in [-0.39, 0.29) is 105 Å². The van der Waals surface area contributed by atoms with E-state index in [9.17, 15) is 71.6 Å². The number of amides is 4. The number of aliphatic hydroxyl groups excluding tert-OH is 2. The number of anilines is 1. The standard InChI is InChI=1S/C105H150F3N11O21/c1-64-37-38-65(2)86(134-21)51-39-66(3)96(124)70(7)88(140-103(131)85(62-132-19)119(17)18)34-25-24-26-36-93(122)138-87(35-31-32-79(58-64)133-20)69(6)95(123)67(4)40-52-89(139-102(130)72(9)116(11)12)71(8)97(136-73(10)120)68(5)53-57-112-135-63-92(121)109-54-30-27-33-84(113-99(126)74-41-44-76(45-42-74)104(114-115-104)105(106,107)108)100(127)111-56-29-23-22-28-55-110-98(125)75-43-48-80(83(59-75)101(128)129)94-81-49-46-77(117(13)14)60-90(81)137-91-61-78(118(15)16)47-50-82(91)94/h24-26,31-32,36,38,41-50,57,59-61,64,66-72,79,84-89,95-97,123-124H,22-23,27-30,33-35,37,39-40,51-56,58,62-63H2,1-21H3,(H4-,109,110,111,113,121,125,126,127,128,129)/b25-24+,32-31+,36-26+,65-38+,112-57?/t64-,66-,67+,68-,69-,70-,71+,72+,79+,84+,85?,86+,87+,88-,89-,95+,96-,97-/m1/s1. The number of allylic oxidation sites excluding steroid dienone is 3. The fourth-order valence-electron chi connectivity index (χ4n) is 17.1. The molecule has 4 amide bonds. The molecule has 1 unspecified atom stereocenters. The Balaban J connectivity index is 0.941. The molecule has 3 aromatic carbocycles. The third kappa shape index (κ3) is 34.7. The number of nitrogens with one attached hydrogen (secondary N) is 4.